The zero-order valence-electron chi connectivity index (χ0n) is 14.6. The van der Waals surface area contributed by atoms with E-state index in [1.807, 2.05) is 0 Å². The second kappa shape index (κ2) is 7.58. The summed E-state index contributed by atoms with van der Waals surface area (Å²) in [4.78, 5) is 30.4. The van der Waals surface area contributed by atoms with Gasteiger partial charge in [-0.15, -0.1) is 11.3 Å². The summed E-state index contributed by atoms with van der Waals surface area (Å²) in [6, 6.07) is 5.97. The minimum atomic E-state index is -0.527. The molecular formula is C19H18FN3O3S. The molecule has 1 aliphatic heterocycles. The molecule has 27 heavy (non-hydrogen) atoms. The van der Waals surface area contributed by atoms with Crippen LogP contribution < -0.4 is 10.3 Å². The number of hydrogen-bond donors (Lipinski definition) is 0. The van der Waals surface area contributed by atoms with Crippen LogP contribution in [-0.2, 0) is 0 Å². The van der Waals surface area contributed by atoms with Crippen LogP contribution in [-0.4, -0.2) is 47.0 Å². The minimum Gasteiger partial charge on any atom is -0.489 e. The Kier molecular flexibility index (Phi) is 5.00. The van der Waals surface area contributed by atoms with Crippen molar-refractivity contribution < 1.29 is 13.9 Å². The van der Waals surface area contributed by atoms with Gasteiger partial charge >= 0.3 is 0 Å². The Labute approximate surface area is 158 Å². The lowest BCUT2D eigenvalue weighted by atomic mass is 10.3. The highest BCUT2D eigenvalue weighted by molar-refractivity contribution is 7.20. The molecule has 0 bridgehead atoms. The smallest absolute Gasteiger partial charge is 0.275 e. The van der Waals surface area contributed by atoms with Crippen molar-refractivity contribution in [2.75, 3.05) is 26.2 Å². The number of aldehydes is 1. The average Bonchev–Trinajstić information content (AvgIpc) is 3.33. The van der Waals surface area contributed by atoms with Crippen LogP contribution in [0.1, 0.15) is 22.5 Å². The van der Waals surface area contributed by atoms with Crippen LogP contribution in [0.2, 0.25) is 0 Å². The minimum absolute atomic E-state index is 0.166. The van der Waals surface area contributed by atoms with Gasteiger partial charge in [-0.05, 0) is 44.1 Å². The van der Waals surface area contributed by atoms with Gasteiger partial charge in [-0.25, -0.2) is 9.37 Å². The number of likely N-dealkylation sites (tertiary alicyclic amines) is 1. The number of nitrogens with zero attached hydrogens (tertiary/aromatic N) is 3. The second-order valence-electron chi connectivity index (χ2n) is 6.41. The third-order valence-corrected chi connectivity index (χ3v) is 5.67. The molecule has 1 aliphatic rings. The molecule has 0 saturated carbocycles. The molecule has 0 spiro atoms. The molecule has 0 radical (unpaired) electrons. The van der Waals surface area contributed by atoms with Crippen molar-refractivity contribution in [1.82, 2.24) is 14.5 Å². The number of fused-ring (bicyclic) bond motifs is 1. The SMILES string of the molecule is O=Cc1cc2ncn(-c3ccc(OCCN4CCCC4)c(F)c3)c(=O)c2s1. The van der Waals surface area contributed by atoms with Crippen LogP contribution in [0.15, 0.2) is 35.4 Å². The first-order valence-electron chi connectivity index (χ1n) is 8.77. The molecular weight excluding hydrogens is 369 g/mol. The van der Waals surface area contributed by atoms with Crippen LogP contribution >= 0.6 is 11.3 Å². The lowest BCUT2D eigenvalue weighted by molar-refractivity contribution is 0.112. The molecule has 0 unspecified atom stereocenters. The van der Waals surface area contributed by atoms with E-state index >= 15 is 0 Å². The number of aromatic nitrogens is 2. The third kappa shape index (κ3) is 3.63. The first-order valence-corrected chi connectivity index (χ1v) is 9.59. The highest BCUT2D eigenvalue weighted by atomic mass is 32.1. The summed E-state index contributed by atoms with van der Waals surface area (Å²) in [6.45, 7) is 3.33. The average molecular weight is 387 g/mol. The summed E-state index contributed by atoms with van der Waals surface area (Å²) in [5.74, 6) is -0.361. The van der Waals surface area contributed by atoms with E-state index in [-0.39, 0.29) is 11.3 Å². The summed E-state index contributed by atoms with van der Waals surface area (Å²) < 4.78 is 21.6. The van der Waals surface area contributed by atoms with Crippen LogP contribution in [0.25, 0.3) is 15.9 Å². The molecule has 1 saturated heterocycles. The molecule has 0 aliphatic carbocycles. The summed E-state index contributed by atoms with van der Waals surface area (Å²) in [5, 5.41) is 0. The van der Waals surface area contributed by atoms with Crippen molar-refractivity contribution in [3.05, 3.63) is 51.6 Å². The van der Waals surface area contributed by atoms with E-state index in [1.165, 1.54) is 35.9 Å². The number of rotatable bonds is 6. The summed E-state index contributed by atoms with van der Waals surface area (Å²) >= 11 is 1.08. The summed E-state index contributed by atoms with van der Waals surface area (Å²) in [5.41, 5.74) is 0.491. The highest BCUT2D eigenvalue weighted by Gasteiger charge is 2.14. The van der Waals surface area contributed by atoms with Crippen molar-refractivity contribution in [1.29, 1.82) is 0 Å². The number of ether oxygens (including phenoxy) is 1. The van der Waals surface area contributed by atoms with Crippen LogP contribution in [0.3, 0.4) is 0 Å². The lowest BCUT2D eigenvalue weighted by Gasteiger charge is -2.15. The van der Waals surface area contributed by atoms with Gasteiger partial charge in [0.15, 0.2) is 17.9 Å². The van der Waals surface area contributed by atoms with Crippen molar-refractivity contribution in [2.45, 2.75) is 12.8 Å². The van der Waals surface area contributed by atoms with E-state index in [9.17, 15) is 14.0 Å². The Balaban J connectivity index is 1.54. The molecule has 0 N–H and O–H groups in total. The monoisotopic (exact) mass is 387 g/mol. The molecule has 2 aromatic heterocycles. The normalized spacial score (nSPS) is 14.7. The van der Waals surface area contributed by atoms with Gasteiger partial charge < -0.3 is 4.74 Å². The third-order valence-electron chi connectivity index (χ3n) is 4.63. The topological polar surface area (TPSA) is 64.4 Å². The molecule has 4 rings (SSSR count). The van der Waals surface area contributed by atoms with Crippen molar-refractivity contribution in [3.8, 4) is 11.4 Å². The number of thiophene rings is 1. The number of hydrogen-bond acceptors (Lipinski definition) is 6. The van der Waals surface area contributed by atoms with E-state index in [0.717, 1.165) is 31.0 Å². The van der Waals surface area contributed by atoms with Crippen molar-refractivity contribution in [2.24, 2.45) is 0 Å². The molecule has 0 amide bonds. The second-order valence-corrected chi connectivity index (χ2v) is 7.50. The first kappa shape index (κ1) is 17.8. The quantitative estimate of drug-likeness (QED) is 0.609. The van der Waals surface area contributed by atoms with E-state index in [1.54, 1.807) is 12.1 Å². The lowest BCUT2D eigenvalue weighted by Crippen LogP contribution is -2.25. The van der Waals surface area contributed by atoms with Crippen LogP contribution in [0.5, 0.6) is 5.75 Å². The van der Waals surface area contributed by atoms with Gasteiger partial charge in [0.1, 0.15) is 17.6 Å². The fourth-order valence-electron chi connectivity index (χ4n) is 3.22. The zero-order valence-corrected chi connectivity index (χ0v) is 15.4. The Morgan fingerprint density at radius 3 is 2.81 bits per heavy atom. The molecule has 0 atom stereocenters. The van der Waals surface area contributed by atoms with Gasteiger partial charge in [0, 0.05) is 12.6 Å². The number of halogens is 1. The van der Waals surface area contributed by atoms with E-state index in [0.29, 0.717) is 33.7 Å². The van der Waals surface area contributed by atoms with Crippen LogP contribution in [0.4, 0.5) is 4.39 Å². The largest absolute Gasteiger partial charge is 0.489 e. The zero-order chi connectivity index (χ0) is 18.8. The molecule has 8 heteroatoms. The number of carbonyl (C=O) groups excluding carboxylic acids is 1. The predicted octanol–water partition coefficient (Wildman–Crippen LogP) is 2.87. The molecule has 3 heterocycles. The van der Waals surface area contributed by atoms with Gasteiger partial charge in [-0.1, -0.05) is 0 Å². The van der Waals surface area contributed by atoms with Crippen molar-refractivity contribution in [3.63, 3.8) is 0 Å². The van der Waals surface area contributed by atoms with Gasteiger partial charge in [0.2, 0.25) is 0 Å². The van der Waals surface area contributed by atoms with Gasteiger partial charge in [-0.3, -0.25) is 19.1 Å². The standard InChI is InChI=1S/C19H18FN3O3S/c20-15-9-13(3-4-17(15)26-8-7-22-5-1-2-6-22)23-12-21-16-10-14(11-24)27-18(16)19(23)25/h3-4,9-12H,1-2,5-8H2. The molecule has 1 fully saturated rings. The Morgan fingerprint density at radius 2 is 2.07 bits per heavy atom. The number of carbonyl (C=O) groups is 1. The van der Waals surface area contributed by atoms with Crippen LogP contribution in [0, 0.1) is 5.82 Å². The van der Waals surface area contributed by atoms with Gasteiger partial charge in [-0.2, -0.15) is 0 Å². The fraction of sp³-hybridized carbons (Fsp3) is 0.316. The summed E-state index contributed by atoms with van der Waals surface area (Å²) in [6.07, 6.45) is 4.43. The van der Waals surface area contributed by atoms with Crippen molar-refractivity contribution >= 4 is 27.8 Å². The first-order chi connectivity index (χ1) is 13.2. The number of benzene rings is 1. The maximum absolute atomic E-state index is 14.4. The predicted molar refractivity (Wildman–Crippen MR) is 102 cm³/mol. The highest BCUT2D eigenvalue weighted by Crippen LogP contribution is 2.22. The maximum Gasteiger partial charge on any atom is 0.275 e. The maximum atomic E-state index is 14.4. The Bertz CT molecular complexity index is 1040. The Morgan fingerprint density at radius 1 is 1.26 bits per heavy atom. The Hall–Kier alpha value is -2.58. The van der Waals surface area contributed by atoms with E-state index < -0.39 is 5.82 Å². The van der Waals surface area contributed by atoms with E-state index in [2.05, 4.69) is 9.88 Å². The molecule has 140 valence electrons. The molecule has 3 aromatic rings. The van der Waals surface area contributed by atoms with Gasteiger partial charge in [0.05, 0.1) is 16.1 Å². The van der Waals surface area contributed by atoms with E-state index in [4.69, 9.17) is 4.74 Å². The molecule has 6 nitrogen and oxygen atoms in total. The fourth-order valence-corrected chi connectivity index (χ4v) is 4.08. The summed E-state index contributed by atoms with van der Waals surface area (Å²) in [7, 11) is 0. The van der Waals surface area contributed by atoms with Gasteiger partial charge in [0.25, 0.3) is 5.56 Å². The molecule has 1 aromatic carbocycles.